The number of rotatable bonds is 8. The number of hydrogen-bond acceptors (Lipinski definition) is 7. The highest BCUT2D eigenvalue weighted by Gasteiger charge is 2.57. The van der Waals surface area contributed by atoms with Gasteiger partial charge in [-0.1, -0.05) is 13.8 Å². The first-order chi connectivity index (χ1) is 16.9. The summed E-state index contributed by atoms with van der Waals surface area (Å²) in [5.41, 5.74) is 4.75. The van der Waals surface area contributed by atoms with Crippen LogP contribution < -0.4 is 16.4 Å². The predicted octanol–water partition coefficient (Wildman–Crippen LogP) is 3.76. The molecule has 0 saturated heterocycles. The molecular formula is C25H37N5O5S. The van der Waals surface area contributed by atoms with Crippen molar-refractivity contribution in [1.82, 2.24) is 20.4 Å². The fourth-order valence-corrected chi connectivity index (χ4v) is 7.25. The van der Waals surface area contributed by atoms with Crippen LogP contribution in [0.15, 0.2) is 17.3 Å². The van der Waals surface area contributed by atoms with Crippen molar-refractivity contribution in [1.29, 1.82) is 0 Å². The summed E-state index contributed by atoms with van der Waals surface area (Å²) >= 11 is 1.56. The fourth-order valence-electron chi connectivity index (χ4n) is 6.32. The Hall–Kier alpha value is -2.69. The third-order valence-corrected chi connectivity index (χ3v) is 8.52. The second-order valence-electron chi connectivity index (χ2n) is 11.2. The molecule has 4 aliphatic rings. The zero-order valence-electron chi connectivity index (χ0n) is 21.6. The Morgan fingerprint density at radius 1 is 1.25 bits per heavy atom. The third kappa shape index (κ3) is 5.66. The fraction of sp³-hybridized carbons (Fsp3) is 0.680. The Kier molecular flexibility index (Phi) is 7.32. The molecule has 4 N–H and O–H groups in total. The first-order valence-corrected chi connectivity index (χ1v) is 13.4. The number of amides is 3. The normalized spacial score (nSPS) is 28.9. The number of carbonyl (C=O) groups excluding carboxylic acids is 3. The molecule has 0 aliphatic heterocycles. The molecule has 4 aliphatic carbocycles. The number of ether oxygens (including phenoxy) is 2. The van der Waals surface area contributed by atoms with Crippen LogP contribution in [-0.4, -0.2) is 57.4 Å². The van der Waals surface area contributed by atoms with Gasteiger partial charge < -0.3 is 25.8 Å². The summed E-state index contributed by atoms with van der Waals surface area (Å²) in [6, 6.07) is 0.0395. The van der Waals surface area contributed by atoms with Crippen LogP contribution in [-0.2, 0) is 9.47 Å². The first-order valence-electron chi connectivity index (χ1n) is 12.5. The quantitative estimate of drug-likeness (QED) is 0.445. The largest absolute Gasteiger partial charge is 0.453 e. The molecule has 4 bridgehead atoms. The molecule has 1 aromatic rings. The lowest BCUT2D eigenvalue weighted by atomic mass is 9.52. The average molecular weight is 520 g/mol. The number of hydrogen-bond donors (Lipinski definition) is 3. The Balaban J connectivity index is 1.51. The van der Waals surface area contributed by atoms with Crippen molar-refractivity contribution in [3.8, 4) is 0 Å². The zero-order chi connectivity index (χ0) is 26.3. The van der Waals surface area contributed by atoms with Crippen LogP contribution in [0.2, 0.25) is 0 Å². The Labute approximate surface area is 216 Å². The van der Waals surface area contributed by atoms with E-state index >= 15 is 0 Å². The van der Waals surface area contributed by atoms with Gasteiger partial charge in [0.1, 0.15) is 10.6 Å². The number of thioether (sulfide) groups is 1. The van der Waals surface area contributed by atoms with Crippen molar-refractivity contribution in [2.24, 2.45) is 23.5 Å². The van der Waals surface area contributed by atoms with E-state index in [4.69, 9.17) is 15.2 Å². The van der Waals surface area contributed by atoms with Crippen LogP contribution in [0.4, 0.5) is 9.59 Å². The van der Waals surface area contributed by atoms with Gasteiger partial charge in [-0.05, 0) is 69.8 Å². The number of aromatic nitrogens is 2. The van der Waals surface area contributed by atoms with Gasteiger partial charge >= 0.3 is 12.2 Å². The maximum atomic E-state index is 13.5. The number of nitrogens with one attached hydrogen (secondary N) is 2. The minimum Gasteiger partial charge on any atom is -0.453 e. The number of primary amides is 1. The van der Waals surface area contributed by atoms with Gasteiger partial charge in [-0.2, -0.15) is 5.10 Å². The summed E-state index contributed by atoms with van der Waals surface area (Å²) in [6.45, 7) is 7.81. The van der Waals surface area contributed by atoms with Gasteiger partial charge in [-0.15, -0.1) is 11.8 Å². The molecule has 4 fully saturated rings. The van der Waals surface area contributed by atoms with Gasteiger partial charge in [-0.3, -0.25) is 4.79 Å². The Morgan fingerprint density at radius 2 is 1.92 bits per heavy atom. The smallest absolute Gasteiger partial charge is 0.407 e. The van der Waals surface area contributed by atoms with Crippen LogP contribution in [0.5, 0.6) is 0 Å². The molecule has 2 unspecified atom stereocenters. The number of alkyl carbamates (subject to hydrolysis) is 1. The van der Waals surface area contributed by atoms with Crippen molar-refractivity contribution in [3.63, 3.8) is 0 Å². The van der Waals surface area contributed by atoms with E-state index in [1.165, 1.54) is 7.11 Å². The highest BCUT2D eigenvalue weighted by atomic mass is 32.2. The Bertz CT molecular complexity index is 1040. The first kappa shape index (κ1) is 26.4. The standard InChI is InChI=1S/C25H37N5O5S/c1-14(2)36-21-18(13-27-30(21)7-6-24(3,4)29-23(33)34-5)20(31)28-19-16-8-15-9-17(19)12-25(10-15,11-16)35-22(26)32/h6-7,13-17,19H,8-12H2,1-5H3,(H2,26,32)(H,28,31)(H,29,33)/b7-6+/t15?,16?,17?,19-,25-. The highest BCUT2D eigenvalue weighted by Crippen LogP contribution is 2.57. The van der Waals surface area contributed by atoms with E-state index in [0.717, 1.165) is 37.1 Å². The van der Waals surface area contributed by atoms with E-state index in [1.54, 1.807) is 34.9 Å². The summed E-state index contributed by atoms with van der Waals surface area (Å²) in [6.07, 6.45) is 8.34. The molecule has 36 heavy (non-hydrogen) atoms. The number of methoxy groups -OCH3 is 1. The number of nitrogens with two attached hydrogens (primary N) is 1. The lowest BCUT2D eigenvalue weighted by Crippen LogP contribution is -2.63. The minimum atomic E-state index is -0.710. The summed E-state index contributed by atoms with van der Waals surface area (Å²) < 4.78 is 12.0. The summed E-state index contributed by atoms with van der Waals surface area (Å²) in [7, 11) is 1.32. The van der Waals surface area contributed by atoms with Crippen LogP contribution >= 0.6 is 11.8 Å². The van der Waals surface area contributed by atoms with E-state index < -0.39 is 23.3 Å². The summed E-state index contributed by atoms with van der Waals surface area (Å²) in [5.74, 6) is 0.894. The molecular weight excluding hydrogens is 482 g/mol. The highest BCUT2D eigenvalue weighted by molar-refractivity contribution is 7.99. The van der Waals surface area contributed by atoms with E-state index in [0.29, 0.717) is 11.5 Å². The molecule has 0 spiro atoms. The van der Waals surface area contributed by atoms with Crippen molar-refractivity contribution in [2.45, 2.75) is 87.3 Å². The Morgan fingerprint density at radius 3 is 2.50 bits per heavy atom. The van der Waals surface area contributed by atoms with Gasteiger partial charge in [0.15, 0.2) is 0 Å². The third-order valence-electron chi connectivity index (χ3n) is 7.42. The maximum Gasteiger partial charge on any atom is 0.407 e. The molecule has 1 aromatic heterocycles. The lowest BCUT2D eigenvalue weighted by molar-refractivity contribution is -0.137. The number of nitrogens with zero attached hydrogens (tertiary/aromatic N) is 2. The topological polar surface area (TPSA) is 138 Å². The second kappa shape index (κ2) is 9.99. The SMILES string of the molecule is COC(=O)NC(C)(C)/C=C/n1ncc(C(=O)N[C@H]2C3CC4CC2C[C@](OC(N)=O)(C4)C3)c1SC(C)C. The van der Waals surface area contributed by atoms with Crippen LogP contribution in [0.1, 0.15) is 70.2 Å². The van der Waals surface area contributed by atoms with Gasteiger partial charge in [0, 0.05) is 17.5 Å². The average Bonchev–Trinajstić information content (AvgIpc) is 3.15. The maximum absolute atomic E-state index is 13.5. The molecule has 1 heterocycles. The molecule has 0 aromatic carbocycles. The minimum absolute atomic E-state index is 0.0395. The van der Waals surface area contributed by atoms with E-state index in [9.17, 15) is 14.4 Å². The van der Waals surface area contributed by atoms with Crippen LogP contribution in [0.3, 0.4) is 0 Å². The van der Waals surface area contributed by atoms with Crippen LogP contribution in [0, 0.1) is 17.8 Å². The summed E-state index contributed by atoms with van der Waals surface area (Å²) in [4.78, 5) is 36.7. The molecule has 11 heteroatoms. The van der Waals surface area contributed by atoms with Crippen molar-refractivity contribution >= 4 is 36.1 Å². The van der Waals surface area contributed by atoms with Crippen molar-refractivity contribution in [3.05, 3.63) is 17.8 Å². The van der Waals surface area contributed by atoms with E-state index in [-0.39, 0.29) is 29.0 Å². The van der Waals surface area contributed by atoms with E-state index in [1.807, 2.05) is 13.8 Å². The number of carbonyl (C=O) groups is 3. The molecule has 10 nitrogen and oxygen atoms in total. The lowest BCUT2D eigenvalue weighted by Gasteiger charge is -2.58. The molecule has 3 amide bonds. The molecule has 2 atom stereocenters. The molecule has 4 saturated carbocycles. The monoisotopic (exact) mass is 519 g/mol. The van der Waals surface area contributed by atoms with Gasteiger partial charge in [-0.25, -0.2) is 14.3 Å². The van der Waals surface area contributed by atoms with Crippen molar-refractivity contribution in [2.75, 3.05) is 7.11 Å². The van der Waals surface area contributed by atoms with Gasteiger partial charge in [0.2, 0.25) is 0 Å². The van der Waals surface area contributed by atoms with Gasteiger partial charge in [0.25, 0.3) is 5.91 Å². The zero-order valence-corrected chi connectivity index (χ0v) is 22.4. The molecule has 0 radical (unpaired) electrons. The second-order valence-corrected chi connectivity index (χ2v) is 12.8. The molecule has 198 valence electrons. The summed E-state index contributed by atoms with van der Waals surface area (Å²) in [5, 5.41) is 11.5. The van der Waals surface area contributed by atoms with Crippen LogP contribution in [0.25, 0.3) is 6.20 Å². The predicted molar refractivity (Wildman–Crippen MR) is 136 cm³/mol. The van der Waals surface area contributed by atoms with Gasteiger partial charge in [0.05, 0.1) is 24.4 Å². The van der Waals surface area contributed by atoms with E-state index in [2.05, 4.69) is 29.6 Å². The molecule has 5 rings (SSSR count). The van der Waals surface area contributed by atoms with Crippen molar-refractivity contribution < 1.29 is 23.9 Å².